The molecule has 2 N–H and O–H groups in total. The van der Waals surface area contributed by atoms with Gasteiger partial charge in [-0.25, -0.2) is 13.1 Å². The number of amides is 1. The van der Waals surface area contributed by atoms with Gasteiger partial charge < -0.3 is 10.1 Å². The Balaban J connectivity index is 1.34. The smallest absolute Gasteiger partial charge is 0.240 e. The molecule has 0 aromatic heterocycles. The number of carbonyl (C=O) groups is 1. The lowest BCUT2D eigenvalue weighted by Gasteiger charge is -2.12. The summed E-state index contributed by atoms with van der Waals surface area (Å²) in [7, 11) is -3.46. The SMILES string of the molecule is Cc1ccc(Oc2ccccc2NC(=O)CCc2ccc(S(=O)(=O)NC3CC3)cc2)cc1. The summed E-state index contributed by atoms with van der Waals surface area (Å²) in [4.78, 5) is 12.8. The largest absolute Gasteiger partial charge is 0.455 e. The molecule has 0 atom stereocenters. The molecular formula is C25H26N2O4S. The minimum Gasteiger partial charge on any atom is -0.455 e. The first-order chi connectivity index (χ1) is 15.4. The minimum atomic E-state index is -3.46. The lowest BCUT2D eigenvalue weighted by Crippen LogP contribution is -2.25. The zero-order valence-corrected chi connectivity index (χ0v) is 18.7. The van der Waals surface area contributed by atoms with Gasteiger partial charge >= 0.3 is 0 Å². The van der Waals surface area contributed by atoms with E-state index in [9.17, 15) is 13.2 Å². The third-order valence-electron chi connectivity index (χ3n) is 5.18. The number of para-hydroxylation sites is 2. The van der Waals surface area contributed by atoms with Crippen molar-refractivity contribution < 1.29 is 17.9 Å². The van der Waals surface area contributed by atoms with Crippen LogP contribution in [0.2, 0.25) is 0 Å². The van der Waals surface area contributed by atoms with Gasteiger partial charge in [0.2, 0.25) is 15.9 Å². The Bertz CT molecular complexity index is 1190. The van der Waals surface area contributed by atoms with Crippen molar-refractivity contribution >= 4 is 21.6 Å². The van der Waals surface area contributed by atoms with Gasteiger partial charge in [0, 0.05) is 12.5 Å². The summed E-state index contributed by atoms with van der Waals surface area (Å²) in [5.41, 5.74) is 2.64. The van der Waals surface area contributed by atoms with E-state index in [0.29, 0.717) is 23.6 Å². The Kier molecular flexibility index (Phi) is 6.58. The van der Waals surface area contributed by atoms with Crippen LogP contribution >= 0.6 is 0 Å². The first-order valence-electron chi connectivity index (χ1n) is 10.6. The van der Waals surface area contributed by atoms with Gasteiger partial charge in [-0.15, -0.1) is 0 Å². The second kappa shape index (κ2) is 9.54. The summed E-state index contributed by atoms with van der Waals surface area (Å²) in [6, 6.07) is 21.8. The highest BCUT2D eigenvalue weighted by atomic mass is 32.2. The molecule has 3 aromatic carbocycles. The standard InChI is InChI=1S/C25H26N2O4S/c1-18-6-13-21(14-7-18)31-24-5-3-2-4-23(24)26-25(28)17-10-19-8-15-22(16-9-19)32(29,30)27-20-11-12-20/h2-9,13-16,20,27H,10-12,17H2,1H3,(H,26,28). The van der Waals surface area contributed by atoms with E-state index in [1.165, 1.54) is 0 Å². The number of aryl methyl sites for hydroxylation is 2. The second-order valence-corrected chi connectivity index (χ2v) is 9.71. The van der Waals surface area contributed by atoms with Crippen molar-refractivity contribution in [2.75, 3.05) is 5.32 Å². The van der Waals surface area contributed by atoms with E-state index >= 15 is 0 Å². The van der Waals surface area contributed by atoms with E-state index in [1.807, 2.05) is 49.4 Å². The molecule has 4 rings (SSSR count). The monoisotopic (exact) mass is 450 g/mol. The zero-order chi connectivity index (χ0) is 22.6. The molecule has 1 aliphatic rings. The topological polar surface area (TPSA) is 84.5 Å². The molecule has 1 saturated carbocycles. The van der Waals surface area contributed by atoms with Crippen LogP contribution < -0.4 is 14.8 Å². The lowest BCUT2D eigenvalue weighted by molar-refractivity contribution is -0.116. The third-order valence-corrected chi connectivity index (χ3v) is 6.72. The zero-order valence-electron chi connectivity index (χ0n) is 17.9. The van der Waals surface area contributed by atoms with Crippen LogP contribution in [0.4, 0.5) is 5.69 Å². The Labute approximate surface area is 188 Å². The molecule has 0 radical (unpaired) electrons. The first-order valence-corrected chi connectivity index (χ1v) is 12.1. The fraction of sp³-hybridized carbons (Fsp3) is 0.240. The third kappa shape index (κ3) is 5.96. The average molecular weight is 451 g/mol. The molecule has 0 spiro atoms. The molecule has 0 heterocycles. The summed E-state index contributed by atoms with van der Waals surface area (Å²) in [5, 5.41) is 2.91. The number of anilines is 1. The number of sulfonamides is 1. The van der Waals surface area contributed by atoms with Crippen molar-refractivity contribution in [2.45, 2.75) is 43.5 Å². The van der Waals surface area contributed by atoms with Crippen LogP contribution in [0.25, 0.3) is 0 Å². The highest BCUT2D eigenvalue weighted by molar-refractivity contribution is 7.89. The van der Waals surface area contributed by atoms with Gasteiger partial charge in [0.1, 0.15) is 5.75 Å². The normalized spacial score (nSPS) is 13.5. The summed E-state index contributed by atoms with van der Waals surface area (Å²) in [6.45, 7) is 2.01. The van der Waals surface area contributed by atoms with Crippen molar-refractivity contribution in [1.82, 2.24) is 4.72 Å². The van der Waals surface area contributed by atoms with Crippen molar-refractivity contribution in [3.8, 4) is 11.5 Å². The van der Waals surface area contributed by atoms with Crippen LogP contribution in [-0.4, -0.2) is 20.4 Å². The van der Waals surface area contributed by atoms with Crippen molar-refractivity contribution in [3.05, 3.63) is 83.9 Å². The van der Waals surface area contributed by atoms with Gasteiger partial charge in [-0.2, -0.15) is 0 Å². The van der Waals surface area contributed by atoms with Gasteiger partial charge in [-0.05, 0) is 68.1 Å². The number of ether oxygens (including phenoxy) is 1. The average Bonchev–Trinajstić information content (AvgIpc) is 3.59. The molecule has 32 heavy (non-hydrogen) atoms. The number of hydrogen-bond donors (Lipinski definition) is 2. The number of hydrogen-bond acceptors (Lipinski definition) is 4. The Morgan fingerprint density at radius 2 is 1.66 bits per heavy atom. The highest BCUT2D eigenvalue weighted by Crippen LogP contribution is 2.29. The van der Waals surface area contributed by atoms with Crippen LogP contribution in [0.5, 0.6) is 11.5 Å². The molecule has 0 aliphatic heterocycles. The van der Waals surface area contributed by atoms with E-state index in [-0.39, 0.29) is 23.3 Å². The molecule has 6 nitrogen and oxygen atoms in total. The maximum absolute atomic E-state index is 12.5. The van der Waals surface area contributed by atoms with Crippen LogP contribution in [-0.2, 0) is 21.2 Å². The maximum Gasteiger partial charge on any atom is 0.240 e. The Hall–Kier alpha value is -3.16. The van der Waals surface area contributed by atoms with Gasteiger partial charge in [-0.3, -0.25) is 4.79 Å². The number of rotatable bonds is 9. The van der Waals surface area contributed by atoms with Gasteiger partial charge in [0.25, 0.3) is 0 Å². The quantitative estimate of drug-likeness (QED) is 0.490. The molecule has 0 unspecified atom stereocenters. The predicted molar refractivity (Wildman–Crippen MR) is 124 cm³/mol. The summed E-state index contributed by atoms with van der Waals surface area (Å²) < 4.78 is 33.1. The molecule has 3 aromatic rings. The summed E-state index contributed by atoms with van der Waals surface area (Å²) >= 11 is 0. The fourth-order valence-electron chi connectivity index (χ4n) is 3.19. The highest BCUT2D eigenvalue weighted by Gasteiger charge is 2.27. The first kappa shape index (κ1) is 22.0. The van der Waals surface area contributed by atoms with E-state index in [0.717, 1.165) is 24.0 Å². The molecule has 1 fully saturated rings. The molecule has 7 heteroatoms. The number of benzene rings is 3. The Morgan fingerprint density at radius 3 is 2.34 bits per heavy atom. The second-order valence-electron chi connectivity index (χ2n) is 8.00. The predicted octanol–water partition coefficient (Wildman–Crippen LogP) is 4.80. The maximum atomic E-state index is 12.5. The number of carbonyl (C=O) groups excluding carboxylic acids is 1. The van der Waals surface area contributed by atoms with Crippen LogP contribution in [0.15, 0.2) is 77.7 Å². The molecule has 0 bridgehead atoms. The summed E-state index contributed by atoms with van der Waals surface area (Å²) in [5.74, 6) is 1.13. The number of nitrogens with one attached hydrogen (secondary N) is 2. The van der Waals surface area contributed by atoms with E-state index in [4.69, 9.17) is 4.74 Å². The van der Waals surface area contributed by atoms with Crippen molar-refractivity contribution in [3.63, 3.8) is 0 Å². The van der Waals surface area contributed by atoms with Gasteiger partial charge in [-0.1, -0.05) is 42.0 Å². The molecule has 0 saturated heterocycles. The van der Waals surface area contributed by atoms with Crippen molar-refractivity contribution in [2.24, 2.45) is 0 Å². The molecule has 166 valence electrons. The van der Waals surface area contributed by atoms with E-state index < -0.39 is 10.0 Å². The Morgan fingerprint density at radius 1 is 0.969 bits per heavy atom. The van der Waals surface area contributed by atoms with Crippen molar-refractivity contribution in [1.29, 1.82) is 0 Å². The summed E-state index contributed by atoms with van der Waals surface area (Å²) in [6.07, 6.45) is 2.56. The molecule has 1 aliphatic carbocycles. The van der Waals surface area contributed by atoms with E-state index in [1.54, 1.807) is 30.3 Å². The lowest BCUT2D eigenvalue weighted by atomic mass is 10.1. The molecular weight excluding hydrogens is 424 g/mol. The van der Waals surface area contributed by atoms with Gasteiger partial charge in [0.05, 0.1) is 10.6 Å². The van der Waals surface area contributed by atoms with E-state index in [2.05, 4.69) is 10.0 Å². The van der Waals surface area contributed by atoms with Gasteiger partial charge in [0.15, 0.2) is 5.75 Å². The molecule has 1 amide bonds. The minimum absolute atomic E-state index is 0.0706. The fourth-order valence-corrected chi connectivity index (χ4v) is 4.49. The van der Waals surface area contributed by atoms with Crippen LogP contribution in [0.3, 0.4) is 0 Å². The van der Waals surface area contributed by atoms with Crippen LogP contribution in [0.1, 0.15) is 30.4 Å². The van der Waals surface area contributed by atoms with Crippen LogP contribution in [0, 0.1) is 6.92 Å².